The maximum Gasteiger partial charge on any atom is 0.283 e. The number of hydrogen-bond donors (Lipinski definition) is 0. The standard InChI is InChI=1S/C11H12BrNO2S/c1-3-11(2,12)10-8-6-4-5-7-9(8)16(14,15)13-10/h4-7H,3H2,1-2H3. The van der Waals surface area contributed by atoms with Gasteiger partial charge in [0.05, 0.1) is 14.9 Å². The molecule has 0 amide bonds. The molecule has 0 N–H and O–H groups in total. The van der Waals surface area contributed by atoms with Gasteiger partial charge in [0, 0.05) is 5.56 Å². The van der Waals surface area contributed by atoms with E-state index in [4.69, 9.17) is 0 Å². The molecule has 2 rings (SSSR count). The quantitative estimate of drug-likeness (QED) is 0.789. The molecule has 1 aliphatic heterocycles. The van der Waals surface area contributed by atoms with Crippen molar-refractivity contribution in [2.45, 2.75) is 29.5 Å². The lowest BCUT2D eigenvalue weighted by Crippen LogP contribution is -2.27. The Hall–Kier alpha value is -0.680. The lowest BCUT2D eigenvalue weighted by molar-refractivity contribution is 0.599. The zero-order valence-electron chi connectivity index (χ0n) is 9.07. The SMILES string of the molecule is CCC(C)(Br)C1=NS(=O)(=O)c2ccccc21. The van der Waals surface area contributed by atoms with Crippen molar-refractivity contribution in [3.63, 3.8) is 0 Å². The van der Waals surface area contributed by atoms with E-state index < -0.39 is 14.3 Å². The van der Waals surface area contributed by atoms with Crippen LogP contribution in [0.2, 0.25) is 0 Å². The smallest absolute Gasteiger partial charge is 0.199 e. The number of fused-ring (bicyclic) bond motifs is 1. The predicted molar refractivity (Wildman–Crippen MR) is 67.8 cm³/mol. The summed E-state index contributed by atoms with van der Waals surface area (Å²) in [5.74, 6) is 0. The molecule has 16 heavy (non-hydrogen) atoms. The number of nitrogens with zero attached hydrogens (tertiary/aromatic N) is 1. The van der Waals surface area contributed by atoms with Gasteiger partial charge >= 0.3 is 0 Å². The van der Waals surface area contributed by atoms with Crippen LogP contribution in [0.3, 0.4) is 0 Å². The highest BCUT2D eigenvalue weighted by molar-refractivity contribution is 9.10. The van der Waals surface area contributed by atoms with Crippen LogP contribution in [0.15, 0.2) is 33.6 Å². The maximum absolute atomic E-state index is 11.8. The fourth-order valence-corrected chi connectivity index (χ4v) is 3.40. The molecule has 1 atom stereocenters. The Kier molecular flexibility index (Phi) is 2.70. The average Bonchev–Trinajstić information content (AvgIpc) is 2.53. The summed E-state index contributed by atoms with van der Waals surface area (Å²) in [6.07, 6.45) is 0.773. The average molecular weight is 302 g/mol. The molecule has 1 heterocycles. The number of halogens is 1. The van der Waals surface area contributed by atoms with E-state index >= 15 is 0 Å². The molecule has 1 aliphatic rings. The van der Waals surface area contributed by atoms with Crippen LogP contribution in [0, 0.1) is 0 Å². The molecule has 0 saturated carbocycles. The molecule has 0 radical (unpaired) electrons. The van der Waals surface area contributed by atoms with Crippen molar-refractivity contribution in [3.8, 4) is 0 Å². The summed E-state index contributed by atoms with van der Waals surface area (Å²) in [5.41, 5.74) is 1.31. The van der Waals surface area contributed by atoms with E-state index in [0.717, 1.165) is 6.42 Å². The minimum absolute atomic E-state index is 0.309. The lowest BCUT2D eigenvalue weighted by atomic mass is 9.96. The predicted octanol–water partition coefficient (Wildman–Crippen LogP) is 2.74. The molecule has 1 unspecified atom stereocenters. The minimum atomic E-state index is -3.49. The first-order valence-electron chi connectivity index (χ1n) is 5.02. The Balaban J connectivity index is 2.69. The molecule has 0 fully saturated rings. The molecule has 0 saturated heterocycles. The summed E-state index contributed by atoms with van der Waals surface area (Å²) in [5, 5.41) is 0. The second-order valence-electron chi connectivity index (χ2n) is 3.96. The van der Waals surface area contributed by atoms with Gasteiger partial charge in [-0.05, 0) is 19.4 Å². The van der Waals surface area contributed by atoms with Crippen LogP contribution in [0.1, 0.15) is 25.8 Å². The largest absolute Gasteiger partial charge is 0.283 e. The van der Waals surface area contributed by atoms with Crippen molar-refractivity contribution in [2.75, 3.05) is 0 Å². The highest BCUT2D eigenvalue weighted by Crippen LogP contribution is 2.35. The van der Waals surface area contributed by atoms with Gasteiger partial charge in [-0.2, -0.15) is 12.8 Å². The summed E-state index contributed by atoms with van der Waals surface area (Å²) >= 11 is 3.53. The van der Waals surface area contributed by atoms with Crippen molar-refractivity contribution < 1.29 is 8.42 Å². The molecule has 0 aromatic heterocycles. The molecule has 0 bridgehead atoms. The summed E-state index contributed by atoms with van der Waals surface area (Å²) in [7, 11) is -3.49. The van der Waals surface area contributed by atoms with Crippen molar-refractivity contribution in [1.29, 1.82) is 0 Å². The van der Waals surface area contributed by atoms with Crippen LogP contribution < -0.4 is 0 Å². The highest BCUT2D eigenvalue weighted by atomic mass is 79.9. The van der Waals surface area contributed by atoms with Crippen LogP contribution in [0.25, 0.3) is 0 Å². The summed E-state index contributed by atoms with van der Waals surface area (Å²) in [6.45, 7) is 3.92. The minimum Gasteiger partial charge on any atom is -0.199 e. The van der Waals surface area contributed by atoms with Crippen molar-refractivity contribution in [3.05, 3.63) is 29.8 Å². The molecule has 5 heteroatoms. The Morgan fingerprint density at radius 3 is 2.62 bits per heavy atom. The van der Waals surface area contributed by atoms with E-state index in [0.29, 0.717) is 16.2 Å². The molecule has 3 nitrogen and oxygen atoms in total. The topological polar surface area (TPSA) is 46.5 Å². The fourth-order valence-electron chi connectivity index (χ4n) is 1.65. The second kappa shape index (κ2) is 3.67. The first-order chi connectivity index (χ1) is 7.38. The molecular formula is C11H12BrNO2S. The van der Waals surface area contributed by atoms with Gasteiger partial charge in [-0.15, -0.1) is 0 Å². The van der Waals surface area contributed by atoms with Gasteiger partial charge in [0.1, 0.15) is 0 Å². The van der Waals surface area contributed by atoms with Gasteiger partial charge in [0.2, 0.25) is 0 Å². The molecule has 0 aliphatic carbocycles. The first kappa shape index (κ1) is 11.8. The van der Waals surface area contributed by atoms with E-state index in [1.54, 1.807) is 18.2 Å². The zero-order valence-corrected chi connectivity index (χ0v) is 11.5. The first-order valence-corrected chi connectivity index (χ1v) is 7.25. The molecular weight excluding hydrogens is 290 g/mol. The molecule has 0 spiro atoms. The Bertz CT molecular complexity index is 561. The summed E-state index contributed by atoms with van der Waals surface area (Å²) in [4.78, 5) is 0.309. The van der Waals surface area contributed by atoms with Gasteiger partial charge in [0.25, 0.3) is 10.0 Å². The van der Waals surface area contributed by atoms with Gasteiger partial charge in [-0.1, -0.05) is 41.1 Å². The van der Waals surface area contributed by atoms with Crippen LogP contribution in [0.4, 0.5) is 0 Å². The number of sulfonamides is 1. The van der Waals surface area contributed by atoms with Gasteiger partial charge in [-0.25, -0.2) is 0 Å². The van der Waals surface area contributed by atoms with E-state index in [1.165, 1.54) is 0 Å². The van der Waals surface area contributed by atoms with Gasteiger partial charge < -0.3 is 0 Å². The van der Waals surface area contributed by atoms with Crippen molar-refractivity contribution in [2.24, 2.45) is 4.40 Å². The number of alkyl halides is 1. The monoisotopic (exact) mass is 301 g/mol. The van der Waals surface area contributed by atoms with Gasteiger partial charge in [-0.3, -0.25) is 0 Å². The van der Waals surface area contributed by atoms with Crippen molar-refractivity contribution in [1.82, 2.24) is 0 Å². The summed E-state index contributed by atoms with van der Waals surface area (Å²) in [6, 6.07) is 6.94. The lowest BCUT2D eigenvalue weighted by Gasteiger charge is -2.20. The molecule has 1 aromatic carbocycles. The Morgan fingerprint density at radius 1 is 1.38 bits per heavy atom. The van der Waals surface area contributed by atoms with Crippen LogP contribution in [-0.2, 0) is 10.0 Å². The normalized spacial score (nSPS) is 21.1. The third-order valence-electron chi connectivity index (χ3n) is 2.79. The maximum atomic E-state index is 11.8. The van der Waals surface area contributed by atoms with Crippen molar-refractivity contribution >= 4 is 31.7 Å². The second-order valence-corrected chi connectivity index (χ2v) is 7.28. The third-order valence-corrected chi connectivity index (χ3v) is 5.06. The third kappa shape index (κ3) is 1.72. The van der Waals surface area contributed by atoms with E-state index in [2.05, 4.69) is 20.3 Å². The number of hydrogen-bond acceptors (Lipinski definition) is 2. The number of rotatable bonds is 2. The Morgan fingerprint density at radius 2 is 2.00 bits per heavy atom. The van der Waals surface area contributed by atoms with E-state index in [1.807, 2.05) is 19.9 Å². The van der Waals surface area contributed by atoms with E-state index in [-0.39, 0.29) is 0 Å². The fraction of sp³-hybridized carbons (Fsp3) is 0.364. The molecule has 1 aromatic rings. The van der Waals surface area contributed by atoms with Crippen LogP contribution in [-0.4, -0.2) is 18.5 Å². The number of benzene rings is 1. The zero-order chi connectivity index (χ0) is 12.0. The highest BCUT2D eigenvalue weighted by Gasteiger charge is 2.37. The molecule has 86 valence electrons. The van der Waals surface area contributed by atoms with Gasteiger partial charge in [0.15, 0.2) is 0 Å². The summed E-state index contributed by atoms with van der Waals surface area (Å²) < 4.78 is 27.1. The van der Waals surface area contributed by atoms with Crippen LogP contribution >= 0.6 is 15.9 Å². The van der Waals surface area contributed by atoms with Crippen LogP contribution in [0.5, 0.6) is 0 Å². The van der Waals surface area contributed by atoms with E-state index in [9.17, 15) is 8.42 Å². The Labute approximate surface area is 104 Å².